The van der Waals surface area contributed by atoms with Crippen LogP contribution in [0.15, 0.2) is 48.8 Å². The number of methoxy groups -OCH3 is 1. The fourth-order valence-corrected chi connectivity index (χ4v) is 2.20. The van der Waals surface area contributed by atoms with Gasteiger partial charge in [-0.25, -0.2) is 9.78 Å². The zero-order chi connectivity index (χ0) is 19.1. The molecule has 8 nitrogen and oxygen atoms in total. The summed E-state index contributed by atoms with van der Waals surface area (Å²) in [5.41, 5.74) is 1.56. The lowest BCUT2D eigenvalue weighted by Crippen LogP contribution is -2.02. The second kappa shape index (κ2) is 8.52. The van der Waals surface area contributed by atoms with E-state index in [4.69, 9.17) is 0 Å². The van der Waals surface area contributed by atoms with Gasteiger partial charge in [-0.2, -0.15) is 0 Å². The Morgan fingerprint density at radius 1 is 1.15 bits per heavy atom. The maximum atomic E-state index is 11.4. The quantitative estimate of drug-likeness (QED) is 0.427. The molecule has 8 heteroatoms. The summed E-state index contributed by atoms with van der Waals surface area (Å²) in [4.78, 5) is 30.2. The lowest BCUT2D eigenvalue weighted by atomic mass is 10.1. The number of hydrogen-bond donors (Lipinski definition) is 1. The van der Waals surface area contributed by atoms with Gasteiger partial charge in [-0.1, -0.05) is 13.8 Å². The summed E-state index contributed by atoms with van der Waals surface area (Å²) in [5.74, 6) is 0.0145. The van der Waals surface area contributed by atoms with Gasteiger partial charge in [0.2, 0.25) is 0 Å². The van der Waals surface area contributed by atoms with Crippen molar-refractivity contribution in [3.05, 3.63) is 64.5 Å². The predicted octanol–water partition coefficient (Wildman–Crippen LogP) is 4.09. The van der Waals surface area contributed by atoms with Crippen molar-refractivity contribution in [3.63, 3.8) is 0 Å². The standard InChI is InChI=1S/C16H12N4O4.C2H6/c1-24-16(21)10-2-5-15(18-9-10)19-14-6-7-17-13-4-3-11(20(22)23)8-12(13)14;1-2/h2-9H,1H3,(H,17,18,19);1-2H3. The summed E-state index contributed by atoms with van der Waals surface area (Å²) in [5, 5.41) is 14.6. The molecule has 1 N–H and O–H groups in total. The molecule has 0 bridgehead atoms. The summed E-state index contributed by atoms with van der Waals surface area (Å²) in [6.07, 6.45) is 2.99. The number of benzene rings is 1. The molecule has 0 spiro atoms. The molecule has 134 valence electrons. The van der Waals surface area contributed by atoms with Crippen molar-refractivity contribution >= 4 is 34.1 Å². The largest absolute Gasteiger partial charge is 0.465 e. The van der Waals surface area contributed by atoms with E-state index in [9.17, 15) is 14.9 Å². The molecule has 0 radical (unpaired) electrons. The number of fused-ring (bicyclic) bond motifs is 1. The van der Waals surface area contributed by atoms with Crippen LogP contribution in [0.3, 0.4) is 0 Å². The Kier molecular flexibility index (Phi) is 6.15. The molecule has 0 unspecified atom stereocenters. The van der Waals surface area contributed by atoms with Gasteiger partial charge in [0, 0.05) is 29.9 Å². The van der Waals surface area contributed by atoms with Crippen molar-refractivity contribution in [3.8, 4) is 0 Å². The highest BCUT2D eigenvalue weighted by Crippen LogP contribution is 2.27. The van der Waals surface area contributed by atoms with Crippen molar-refractivity contribution in [1.82, 2.24) is 9.97 Å². The number of esters is 1. The van der Waals surface area contributed by atoms with Crippen LogP contribution in [0.1, 0.15) is 24.2 Å². The van der Waals surface area contributed by atoms with E-state index in [0.717, 1.165) is 0 Å². The molecule has 3 aromatic rings. The highest BCUT2D eigenvalue weighted by Gasteiger charge is 2.11. The maximum absolute atomic E-state index is 11.4. The van der Waals surface area contributed by atoms with Crippen molar-refractivity contribution in [2.75, 3.05) is 12.4 Å². The van der Waals surface area contributed by atoms with E-state index in [1.165, 1.54) is 25.4 Å². The van der Waals surface area contributed by atoms with Gasteiger partial charge in [-0.3, -0.25) is 15.1 Å². The van der Waals surface area contributed by atoms with Crippen LogP contribution in [0.5, 0.6) is 0 Å². The Hall–Kier alpha value is -3.55. The van der Waals surface area contributed by atoms with Crippen LogP contribution in [0.4, 0.5) is 17.2 Å². The molecule has 0 saturated heterocycles. The first-order valence-electron chi connectivity index (χ1n) is 7.93. The SMILES string of the molecule is CC.COC(=O)c1ccc(Nc2ccnc3ccc([N+](=O)[O-])cc23)nc1. The average Bonchev–Trinajstić information content (AvgIpc) is 2.69. The van der Waals surface area contributed by atoms with E-state index < -0.39 is 10.9 Å². The number of nitro benzene ring substituents is 1. The lowest BCUT2D eigenvalue weighted by molar-refractivity contribution is -0.384. The number of carbonyl (C=O) groups is 1. The maximum Gasteiger partial charge on any atom is 0.339 e. The number of nitrogens with one attached hydrogen (secondary N) is 1. The highest BCUT2D eigenvalue weighted by molar-refractivity contribution is 5.94. The molecule has 1 aromatic carbocycles. The smallest absolute Gasteiger partial charge is 0.339 e. The molecule has 0 amide bonds. The monoisotopic (exact) mass is 354 g/mol. The van der Waals surface area contributed by atoms with Crippen molar-refractivity contribution in [1.29, 1.82) is 0 Å². The van der Waals surface area contributed by atoms with Crippen LogP contribution in [-0.2, 0) is 4.74 Å². The van der Waals surface area contributed by atoms with E-state index in [1.807, 2.05) is 13.8 Å². The summed E-state index contributed by atoms with van der Waals surface area (Å²) in [6, 6.07) is 9.34. The fourth-order valence-electron chi connectivity index (χ4n) is 2.20. The number of aromatic nitrogens is 2. The number of pyridine rings is 2. The molecule has 0 saturated carbocycles. The molecule has 0 fully saturated rings. The number of nitro groups is 1. The molecule has 0 aliphatic carbocycles. The van der Waals surface area contributed by atoms with E-state index in [2.05, 4.69) is 20.0 Å². The highest BCUT2D eigenvalue weighted by atomic mass is 16.6. The lowest BCUT2D eigenvalue weighted by Gasteiger charge is -2.09. The number of rotatable bonds is 4. The summed E-state index contributed by atoms with van der Waals surface area (Å²) in [6.45, 7) is 4.00. The molecule has 2 heterocycles. The van der Waals surface area contributed by atoms with E-state index in [-0.39, 0.29) is 5.69 Å². The van der Waals surface area contributed by atoms with Crippen molar-refractivity contribution < 1.29 is 14.5 Å². The number of carbonyl (C=O) groups excluding carboxylic acids is 1. The Bertz CT molecular complexity index is 926. The average molecular weight is 354 g/mol. The van der Waals surface area contributed by atoms with Gasteiger partial charge in [0.05, 0.1) is 28.8 Å². The molecule has 0 aliphatic rings. The first-order chi connectivity index (χ1) is 12.6. The van der Waals surface area contributed by atoms with Gasteiger partial charge in [-0.05, 0) is 24.3 Å². The number of hydrogen-bond acceptors (Lipinski definition) is 7. The minimum absolute atomic E-state index is 0.0208. The third-order valence-corrected chi connectivity index (χ3v) is 3.38. The zero-order valence-electron chi connectivity index (χ0n) is 14.6. The third-order valence-electron chi connectivity index (χ3n) is 3.38. The number of ether oxygens (including phenoxy) is 1. The number of non-ortho nitro benzene ring substituents is 1. The van der Waals surface area contributed by atoms with Crippen LogP contribution >= 0.6 is 0 Å². The second-order valence-corrected chi connectivity index (χ2v) is 4.87. The Morgan fingerprint density at radius 2 is 1.92 bits per heavy atom. The first-order valence-corrected chi connectivity index (χ1v) is 7.93. The number of anilines is 2. The fraction of sp³-hybridized carbons (Fsp3) is 0.167. The van der Waals surface area contributed by atoms with Gasteiger partial charge >= 0.3 is 5.97 Å². The van der Waals surface area contributed by atoms with Crippen LogP contribution in [0.25, 0.3) is 10.9 Å². The van der Waals surface area contributed by atoms with E-state index in [1.54, 1.807) is 30.5 Å². The van der Waals surface area contributed by atoms with Crippen LogP contribution < -0.4 is 5.32 Å². The van der Waals surface area contributed by atoms with Gasteiger partial charge in [-0.15, -0.1) is 0 Å². The predicted molar refractivity (Wildman–Crippen MR) is 98.6 cm³/mol. The second-order valence-electron chi connectivity index (χ2n) is 4.87. The van der Waals surface area contributed by atoms with Crippen molar-refractivity contribution in [2.45, 2.75) is 13.8 Å². The molecular formula is C18H18N4O4. The minimum Gasteiger partial charge on any atom is -0.465 e. The first kappa shape index (κ1) is 18.8. The molecular weight excluding hydrogens is 336 g/mol. The zero-order valence-corrected chi connectivity index (χ0v) is 14.6. The normalized spacial score (nSPS) is 9.81. The van der Waals surface area contributed by atoms with Crippen LogP contribution in [-0.4, -0.2) is 28.0 Å². The number of nitrogens with zero attached hydrogens (tertiary/aromatic N) is 3. The summed E-state index contributed by atoms with van der Waals surface area (Å²) >= 11 is 0. The molecule has 2 aromatic heterocycles. The van der Waals surface area contributed by atoms with E-state index in [0.29, 0.717) is 28.0 Å². The van der Waals surface area contributed by atoms with Crippen molar-refractivity contribution in [2.24, 2.45) is 0 Å². The molecule has 0 aliphatic heterocycles. The van der Waals surface area contributed by atoms with Gasteiger partial charge in [0.15, 0.2) is 0 Å². The molecule has 3 rings (SSSR count). The topological polar surface area (TPSA) is 107 Å². The molecule has 26 heavy (non-hydrogen) atoms. The third kappa shape index (κ3) is 4.10. The van der Waals surface area contributed by atoms with Gasteiger partial charge < -0.3 is 10.1 Å². The van der Waals surface area contributed by atoms with Crippen LogP contribution in [0, 0.1) is 10.1 Å². The van der Waals surface area contributed by atoms with Gasteiger partial charge in [0.1, 0.15) is 5.82 Å². The Labute approximate surface area is 150 Å². The Balaban J connectivity index is 0.00000117. The minimum atomic E-state index is -0.473. The summed E-state index contributed by atoms with van der Waals surface area (Å²) in [7, 11) is 1.30. The van der Waals surface area contributed by atoms with Crippen LogP contribution in [0.2, 0.25) is 0 Å². The Morgan fingerprint density at radius 3 is 2.54 bits per heavy atom. The van der Waals surface area contributed by atoms with E-state index >= 15 is 0 Å². The van der Waals surface area contributed by atoms with Gasteiger partial charge in [0.25, 0.3) is 5.69 Å². The molecule has 0 atom stereocenters. The summed E-state index contributed by atoms with van der Waals surface area (Å²) < 4.78 is 4.62.